The summed E-state index contributed by atoms with van der Waals surface area (Å²) in [7, 11) is 0. The van der Waals surface area contributed by atoms with Crippen LogP contribution in [0.2, 0.25) is 0 Å². The zero-order valence-corrected chi connectivity index (χ0v) is 8.58. The second-order valence-corrected chi connectivity index (χ2v) is 5.57. The topological polar surface area (TPSA) is 12.0 Å². The Morgan fingerprint density at radius 2 is 2.23 bits per heavy atom. The molecule has 1 aliphatic carbocycles. The lowest BCUT2D eigenvalue weighted by Crippen LogP contribution is -2.22. The zero-order valence-electron chi connectivity index (χ0n) is 7.76. The number of anilines is 1. The van der Waals surface area contributed by atoms with Gasteiger partial charge >= 0.3 is 0 Å². The SMILES string of the molecule is Cc1cccc2c1SC1(CC1)CN2. The third-order valence-electron chi connectivity index (χ3n) is 2.94. The lowest BCUT2D eigenvalue weighted by Gasteiger charge is -2.26. The van der Waals surface area contributed by atoms with Crippen LogP contribution in [0.5, 0.6) is 0 Å². The van der Waals surface area contributed by atoms with E-state index in [1.165, 1.54) is 29.0 Å². The minimum Gasteiger partial charge on any atom is -0.383 e. The molecule has 3 rings (SSSR count). The maximum absolute atomic E-state index is 3.54. The van der Waals surface area contributed by atoms with Gasteiger partial charge in [-0.05, 0) is 31.4 Å². The molecule has 68 valence electrons. The summed E-state index contributed by atoms with van der Waals surface area (Å²) in [6.07, 6.45) is 2.77. The minimum absolute atomic E-state index is 0.569. The van der Waals surface area contributed by atoms with Crippen molar-refractivity contribution in [3.8, 4) is 0 Å². The smallest absolute Gasteiger partial charge is 0.0481 e. The van der Waals surface area contributed by atoms with E-state index in [2.05, 4.69) is 42.2 Å². The van der Waals surface area contributed by atoms with Gasteiger partial charge in [-0.3, -0.25) is 0 Å². The van der Waals surface area contributed by atoms with Crippen molar-refractivity contribution < 1.29 is 0 Å². The lowest BCUT2D eigenvalue weighted by atomic mass is 10.2. The van der Waals surface area contributed by atoms with E-state index in [-0.39, 0.29) is 0 Å². The third kappa shape index (κ3) is 1.16. The maximum atomic E-state index is 3.54. The molecule has 0 saturated heterocycles. The summed E-state index contributed by atoms with van der Waals surface area (Å²) in [5, 5.41) is 3.54. The number of aryl methyl sites for hydroxylation is 1. The summed E-state index contributed by atoms with van der Waals surface area (Å²) in [5.74, 6) is 0. The van der Waals surface area contributed by atoms with Gasteiger partial charge in [0.2, 0.25) is 0 Å². The van der Waals surface area contributed by atoms with Gasteiger partial charge < -0.3 is 5.32 Å². The second kappa shape index (κ2) is 2.44. The van der Waals surface area contributed by atoms with Gasteiger partial charge in [0, 0.05) is 21.9 Å². The first-order chi connectivity index (χ1) is 6.29. The van der Waals surface area contributed by atoms with Crippen LogP contribution in [0.25, 0.3) is 0 Å². The van der Waals surface area contributed by atoms with Crippen molar-refractivity contribution in [2.75, 3.05) is 11.9 Å². The van der Waals surface area contributed by atoms with Gasteiger partial charge in [0.05, 0.1) is 0 Å². The fourth-order valence-electron chi connectivity index (χ4n) is 1.85. The van der Waals surface area contributed by atoms with Crippen LogP contribution < -0.4 is 5.32 Å². The second-order valence-electron chi connectivity index (χ2n) is 4.09. The molecule has 1 nitrogen and oxygen atoms in total. The summed E-state index contributed by atoms with van der Waals surface area (Å²) >= 11 is 2.09. The van der Waals surface area contributed by atoms with Gasteiger partial charge in [-0.25, -0.2) is 0 Å². The Bertz CT molecular complexity index is 355. The van der Waals surface area contributed by atoms with Crippen molar-refractivity contribution in [1.29, 1.82) is 0 Å². The normalized spacial score (nSPS) is 22.2. The third-order valence-corrected chi connectivity index (χ3v) is 4.67. The van der Waals surface area contributed by atoms with Gasteiger partial charge in [-0.2, -0.15) is 0 Å². The highest BCUT2D eigenvalue weighted by Gasteiger charge is 2.46. The molecule has 1 N–H and O–H groups in total. The van der Waals surface area contributed by atoms with E-state index in [0.29, 0.717) is 4.75 Å². The maximum Gasteiger partial charge on any atom is 0.0481 e. The number of benzene rings is 1. The molecule has 1 fully saturated rings. The number of fused-ring (bicyclic) bond motifs is 1. The molecule has 1 heterocycles. The highest BCUT2D eigenvalue weighted by Crippen LogP contribution is 2.56. The van der Waals surface area contributed by atoms with Crippen molar-refractivity contribution in [2.24, 2.45) is 0 Å². The molecule has 13 heavy (non-hydrogen) atoms. The minimum atomic E-state index is 0.569. The highest BCUT2D eigenvalue weighted by atomic mass is 32.2. The van der Waals surface area contributed by atoms with Gasteiger partial charge in [0.25, 0.3) is 0 Å². The van der Waals surface area contributed by atoms with Crippen molar-refractivity contribution in [3.05, 3.63) is 23.8 Å². The first-order valence-corrected chi connectivity index (χ1v) is 5.63. The Kier molecular flexibility index (Phi) is 1.46. The average molecular weight is 191 g/mol. The van der Waals surface area contributed by atoms with E-state index in [0.717, 1.165) is 6.54 Å². The van der Waals surface area contributed by atoms with E-state index in [1.807, 2.05) is 0 Å². The van der Waals surface area contributed by atoms with Crippen LogP contribution in [0.4, 0.5) is 5.69 Å². The summed E-state index contributed by atoms with van der Waals surface area (Å²) in [6, 6.07) is 6.52. The van der Waals surface area contributed by atoms with Crippen LogP contribution in [-0.2, 0) is 0 Å². The molecule has 2 aliphatic rings. The molecule has 0 atom stereocenters. The Balaban J connectivity index is 2.06. The number of hydrogen-bond donors (Lipinski definition) is 1. The fourth-order valence-corrected chi connectivity index (χ4v) is 3.22. The van der Waals surface area contributed by atoms with E-state index >= 15 is 0 Å². The Morgan fingerprint density at radius 3 is 3.00 bits per heavy atom. The van der Waals surface area contributed by atoms with Gasteiger partial charge in [0.1, 0.15) is 0 Å². The molecule has 0 bridgehead atoms. The van der Waals surface area contributed by atoms with Crippen molar-refractivity contribution >= 4 is 17.4 Å². The zero-order chi connectivity index (χ0) is 8.89. The summed E-state index contributed by atoms with van der Waals surface area (Å²) in [4.78, 5) is 1.48. The molecular weight excluding hydrogens is 178 g/mol. The molecule has 1 saturated carbocycles. The number of thioether (sulfide) groups is 1. The molecule has 0 amide bonds. The van der Waals surface area contributed by atoms with Crippen LogP contribution in [0.3, 0.4) is 0 Å². The molecule has 1 aromatic carbocycles. The van der Waals surface area contributed by atoms with E-state index in [1.54, 1.807) is 0 Å². The van der Waals surface area contributed by atoms with Crippen molar-refractivity contribution in [1.82, 2.24) is 0 Å². The van der Waals surface area contributed by atoms with Crippen LogP contribution in [0.1, 0.15) is 18.4 Å². The molecule has 1 aliphatic heterocycles. The average Bonchev–Trinajstić information content (AvgIpc) is 2.88. The largest absolute Gasteiger partial charge is 0.383 e. The molecule has 2 heteroatoms. The summed E-state index contributed by atoms with van der Waals surface area (Å²) < 4.78 is 0.569. The van der Waals surface area contributed by atoms with Gasteiger partial charge in [0.15, 0.2) is 0 Å². The van der Waals surface area contributed by atoms with Gasteiger partial charge in [-0.1, -0.05) is 12.1 Å². The molecule has 0 aromatic heterocycles. The lowest BCUT2D eigenvalue weighted by molar-refractivity contribution is 0.919. The van der Waals surface area contributed by atoms with Crippen LogP contribution in [-0.4, -0.2) is 11.3 Å². The quantitative estimate of drug-likeness (QED) is 0.676. The first-order valence-electron chi connectivity index (χ1n) is 4.82. The molecule has 0 radical (unpaired) electrons. The molecular formula is C11H13NS. The summed E-state index contributed by atoms with van der Waals surface area (Å²) in [5.41, 5.74) is 2.75. The van der Waals surface area contributed by atoms with Crippen LogP contribution in [0, 0.1) is 6.92 Å². The molecule has 1 spiro atoms. The van der Waals surface area contributed by atoms with Crippen LogP contribution >= 0.6 is 11.8 Å². The molecule has 1 aromatic rings. The van der Waals surface area contributed by atoms with E-state index in [9.17, 15) is 0 Å². The highest BCUT2D eigenvalue weighted by molar-refractivity contribution is 8.01. The number of rotatable bonds is 0. The summed E-state index contributed by atoms with van der Waals surface area (Å²) in [6.45, 7) is 3.36. The van der Waals surface area contributed by atoms with Crippen LogP contribution in [0.15, 0.2) is 23.1 Å². The predicted octanol–water partition coefficient (Wildman–Crippen LogP) is 3.05. The van der Waals surface area contributed by atoms with Gasteiger partial charge in [-0.15, -0.1) is 11.8 Å². The number of nitrogens with one attached hydrogen (secondary N) is 1. The van der Waals surface area contributed by atoms with E-state index in [4.69, 9.17) is 0 Å². The predicted molar refractivity (Wildman–Crippen MR) is 57.5 cm³/mol. The van der Waals surface area contributed by atoms with Crippen molar-refractivity contribution in [3.63, 3.8) is 0 Å². The Morgan fingerprint density at radius 1 is 1.38 bits per heavy atom. The first kappa shape index (κ1) is 7.74. The Hall–Kier alpha value is -0.630. The monoisotopic (exact) mass is 191 g/mol. The fraction of sp³-hybridized carbons (Fsp3) is 0.455. The molecule has 0 unspecified atom stereocenters. The van der Waals surface area contributed by atoms with E-state index < -0.39 is 0 Å². The standard InChI is InChI=1S/C11H13NS/c1-8-3-2-4-9-10(8)13-11(5-6-11)7-12-9/h2-4,12H,5-7H2,1H3. The van der Waals surface area contributed by atoms with Crippen molar-refractivity contribution in [2.45, 2.75) is 29.4 Å². The number of hydrogen-bond acceptors (Lipinski definition) is 2. The Labute approximate surface area is 82.9 Å².